The lowest BCUT2D eigenvalue weighted by Crippen LogP contribution is -2.18. The number of aromatic amines is 1. The molecule has 0 radical (unpaired) electrons. The van der Waals surface area contributed by atoms with Gasteiger partial charge >= 0.3 is 0 Å². The zero-order valence-corrected chi connectivity index (χ0v) is 8.38. The van der Waals surface area contributed by atoms with Crippen LogP contribution in [-0.4, -0.2) is 25.6 Å². The molecule has 0 aliphatic rings. The van der Waals surface area contributed by atoms with Gasteiger partial charge in [-0.2, -0.15) is 5.21 Å². The van der Waals surface area contributed by atoms with Gasteiger partial charge in [-0.3, -0.25) is 4.98 Å². The van der Waals surface area contributed by atoms with Crippen LogP contribution >= 0.6 is 0 Å². The Morgan fingerprint density at radius 1 is 1.53 bits per heavy atom. The summed E-state index contributed by atoms with van der Waals surface area (Å²) in [5.74, 6) is 0.658. The second-order valence-corrected chi connectivity index (χ2v) is 3.22. The van der Waals surface area contributed by atoms with Gasteiger partial charge < -0.3 is 5.32 Å². The van der Waals surface area contributed by atoms with Crippen molar-refractivity contribution < 1.29 is 0 Å². The number of pyridine rings is 1. The fourth-order valence-corrected chi connectivity index (χ4v) is 1.25. The quantitative estimate of drug-likeness (QED) is 0.755. The van der Waals surface area contributed by atoms with Gasteiger partial charge in [0.1, 0.15) is 0 Å². The number of rotatable bonds is 4. The number of H-pyrrole nitrogens is 1. The zero-order valence-electron chi connectivity index (χ0n) is 8.38. The molecular formula is C9H12N6. The van der Waals surface area contributed by atoms with Crippen molar-refractivity contribution in [3.05, 3.63) is 35.9 Å². The van der Waals surface area contributed by atoms with E-state index in [0.717, 1.165) is 5.56 Å². The van der Waals surface area contributed by atoms with E-state index in [1.54, 1.807) is 6.20 Å². The molecule has 0 amide bonds. The van der Waals surface area contributed by atoms with Gasteiger partial charge in [-0.15, -0.1) is 10.2 Å². The third-order valence-electron chi connectivity index (χ3n) is 2.14. The predicted molar refractivity (Wildman–Crippen MR) is 53.7 cm³/mol. The first-order valence-electron chi connectivity index (χ1n) is 4.72. The maximum Gasteiger partial charge on any atom is 0.188 e. The zero-order chi connectivity index (χ0) is 10.5. The molecular weight excluding hydrogens is 192 g/mol. The highest BCUT2D eigenvalue weighted by Gasteiger charge is 2.05. The fraction of sp³-hybridized carbons (Fsp3) is 0.333. The Kier molecular flexibility index (Phi) is 2.99. The molecule has 0 bridgehead atoms. The lowest BCUT2D eigenvalue weighted by molar-refractivity contribution is 0.558. The highest BCUT2D eigenvalue weighted by molar-refractivity contribution is 5.12. The molecule has 2 aromatic heterocycles. The maximum atomic E-state index is 4.06. The van der Waals surface area contributed by atoms with Crippen LogP contribution in [0.5, 0.6) is 0 Å². The second kappa shape index (κ2) is 4.61. The largest absolute Gasteiger partial charge is 0.303 e. The molecule has 15 heavy (non-hydrogen) atoms. The summed E-state index contributed by atoms with van der Waals surface area (Å²) in [5, 5.41) is 16.9. The van der Waals surface area contributed by atoms with E-state index >= 15 is 0 Å². The average Bonchev–Trinajstić information content (AvgIpc) is 2.80. The number of aromatic nitrogens is 5. The monoisotopic (exact) mass is 204 g/mol. The SMILES string of the molecule is CC(NCc1nn[nH]n1)c1cccnc1. The first-order chi connectivity index (χ1) is 7.36. The molecule has 1 atom stereocenters. The number of tetrazole rings is 1. The van der Waals surface area contributed by atoms with Gasteiger partial charge in [0.25, 0.3) is 0 Å². The lowest BCUT2D eigenvalue weighted by Gasteiger charge is -2.11. The minimum absolute atomic E-state index is 0.220. The molecule has 6 heteroatoms. The van der Waals surface area contributed by atoms with Crippen LogP contribution in [0.25, 0.3) is 0 Å². The van der Waals surface area contributed by atoms with Crippen LogP contribution in [0.15, 0.2) is 24.5 Å². The van der Waals surface area contributed by atoms with Crippen molar-refractivity contribution in [1.29, 1.82) is 0 Å². The topological polar surface area (TPSA) is 79.4 Å². The lowest BCUT2D eigenvalue weighted by atomic mass is 10.1. The molecule has 0 aromatic carbocycles. The van der Waals surface area contributed by atoms with Gasteiger partial charge in [0.2, 0.25) is 0 Å². The molecule has 0 spiro atoms. The van der Waals surface area contributed by atoms with E-state index < -0.39 is 0 Å². The summed E-state index contributed by atoms with van der Waals surface area (Å²) in [4.78, 5) is 4.06. The highest BCUT2D eigenvalue weighted by atomic mass is 15.5. The molecule has 2 rings (SSSR count). The minimum Gasteiger partial charge on any atom is -0.303 e. The van der Waals surface area contributed by atoms with Gasteiger partial charge in [0.15, 0.2) is 5.82 Å². The second-order valence-electron chi connectivity index (χ2n) is 3.22. The minimum atomic E-state index is 0.220. The maximum absolute atomic E-state index is 4.06. The van der Waals surface area contributed by atoms with E-state index in [0.29, 0.717) is 12.4 Å². The Labute approximate surface area is 87.1 Å². The Morgan fingerprint density at radius 2 is 2.47 bits per heavy atom. The molecule has 1 unspecified atom stereocenters. The normalized spacial score (nSPS) is 12.6. The van der Waals surface area contributed by atoms with Crippen molar-refractivity contribution in [1.82, 2.24) is 30.9 Å². The standard InChI is InChI=1S/C9H12N6/c1-7(8-3-2-4-10-5-8)11-6-9-12-14-15-13-9/h2-5,7,11H,6H2,1H3,(H,12,13,14,15). The van der Waals surface area contributed by atoms with Crippen molar-refractivity contribution in [3.63, 3.8) is 0 Å². The van der Waals surface area contributed by atoms with E-state index in [-0.39, 0.29) is 6.04 Å². The number of hydrogen-bond donors (Lipinski definition) is 2. The van der Waals surface area contributed by atoms with E-state index in [4.69, 9.17) is 0 Å². The molecule has 0 saturated carbocycles. The summed E-state index contributed by atoms with van der Waals surface area (Å²) in [6, 6.07) is 4.17. The van der Waals surface area contributed by atoms with Gasteiger partial charge in [-0.1, -0.05) is 11.3 Å². The molecule has 2 heterocycles. The molecule has 0 aliphatic carbocycles. The number of nitrogens with one attached hydrogen (secondary N) is 2. The third kappa shape index (κ3) is 2.57. The molecule has 0 aliphatic heterocycles. The summed E-state index contributed by atoms with van der Waals surface area (Å²) >= 11 is 0. The average molecular weight is 204 g/mol. The van der Waals surface area contributed by atoms with Crippen LogP contribution < -0.4 is 5.32 Å². The van der Waals surface area contributed by atoms with Crippen molar-refractivity contribution in [2.75, 3.05) is 0 Å². The molecule has 0 saturated heterocycles. The summed E-state index contributed by atoms with van der Waals surface area (Å²) < 4.78 is 0. The van der Waals surface area contributed by atoms with E-state index in [1.807, 2.05) is 18.3 Å². The Balaban J connectivity index is 1.90. The molecule has 2 N–H and O–H groups in total. The smallest absolute Gasteiger partial charge is 0.188 e. The van der Waals surface area contributed by atoms with E-state index in [9.17, 15) is 0 Å². The van der Waals surface area contributed by atoms with Crippen LogP contribution in [0.1, 0.15) is 24.4 Å². The highest BCUT2D eigenvalue weighted by Crippen LogP contribution is 2.09. The third-order valence-corrected chi connectivity index (χ3v) is 2.14. The summed E-state index contributed by atoms with van der Waals surface area (Å²) in [5.41, 5.74) is 1.14. The summed E-state index contributed by atoms with van der Waals surface area (Å²) in [6.07, 6.45) is 3.60. The van der Waals surface area contributed by atoms with Crippen LogP contribution in [-0.2, 0) is 6.54 Å². The molecule has 0 fully saturated rings. The van der Waals surface area contributed by atoms with Crippen LogP contribution in [0.3, 0.4) is 0 Å². The number of nitrogens with zero attached hydrogens (tertiary/aromatic N) is 4. The first kappa shape index (κ1) is 9.72. The van der Waals surface area contributed by atoms with Crippen LogP contribution in [0.4, 0.5) is 0 Å². The van der Waals surface area contributed by atoms with Gasteiger partial charge in [-0.05, 0) is 18.6 Å². The number of hydrogen-bond acceptors (Lipinski definition) is 5. The first-order valence-corrected chi connectivity index (χ1v) is 4.72. The van der Waals surface area contributed by atoms with Crippen molar-refractivity contribution in [2.45, 2.75) is 19.5 Å². The van der Waals surface area contributed by atoms with Crippen molar-refractivity contribution >= 4 is 0 Å². The summed E-state index contributed by atoms with van der Waals surface area (Å²) in [7, 11) is 0. The fourth-order valence-electron chi connectivity index (χ4n) is 1.25. The predicted octanol–water partition coefficient (Wildman–Crippen LogP) is 0.445. The van der Waals surface area contributed by atoms with E-state index in [1.165, 1.54) is 0 Å². The van der Waals surface area contributed by atoms with Gasteiger partial charge in [-0.25, -0.2) is 0 Å². The summed E-state index contributed by atoms with van der Waals surface area (Å²) in [6.45, 7) is 2.66. The van der Waals surface area contributed by atoms with Crippen molar-refractivity contribution in [2.24, 2.45) is 0 Å². The van der Waals surface area contributed by atoms with Crippen molar-refractivity contribution in [3.8, 4) is 0 Å². The molecule has 78 valence electrons. The van der Waals surface area contributed by atoms with Gasteiger partial charge in [0.05, 0.1) is 6.54 Å². The Bertz CT molecular complexity index is 384. The van der Waals surface area contributed by atoms with Crippen LogP contribution in [0.2, 0.25) is 0 Å². The molecule has 2 aromatic rings. The Hall–Kier alpha value is -1.82. The van der Waals surface area contributed by atoms with E-state index in [2.05, 4.69) is 37.8 Å². The van der Waals surface area contributed by atoms with Crippen LogP contribution in [0, 0.1) is 0 Å². The molecule has 6 nitrogen and oxygen atoms in total. The van der Waals surface area contributed by atoms with Gasteiger partial charge in [0, 0.05) is 18.4 Å². The Morgan fingerprint density at radius 3 is 3.13 bits per heavy atom.